The number of quaternary nitrogens is 1. The van der Waals surface area contributed by atoms with Crippen LogP contribution in [0.15, 0.2) is 0 Å². The molecule has 0 aromatic rings. The third-order valence-corrected chi connectivity index (χ3v) is 11.7. The quantitative estimate of drug-likeness (QED) is 0.0437. The highest BCUT2D eigenvalue weighted by Gasteiger charge is 2.05. The molecule has 0 saturated heterocycles. The SMILES string of the molecule is CCCCCCCCCCCCCCCCCCCCCCCCCCCCCCCCCCCCCCCCCCCCCC[N+](C)(C)C. The Balaban J connectivity index is 3.06. The summed E-state index contributed by atoms with van der Waals surface area (Å²) in [6, 6.07) is 0. The minimum atomic E-state index is 1.12. The average Bonchev–Trinajstić information content (AvgIpc) is 3.09. The first-order valence-corrected chi connectivity index (χ1v) is 24.4. The predicted octanol–water partition coefficient (Wildman–Crippen LogP) is 17.9. The molecule has 50 heavy (non-hydrogen) atoms. The number of hydrogen-bond donors (Lipinski definition) is 0. The fourth-order valence-electron chi connectivity index (χ4n) is 8.08. The molecule has 0 spiro atoms. The fraction of sp³-hybridized carbons (Fsp3) is 1.00. The van der Waals surface area contributed by atoms with Crippen LogP contribution in [0.2, 0.25) is 0 Å². The Morgan fingerprint density at radius 2 is 0.300 bits per heavy atom. The molecule has 0 aromatic carbocycles. The summed E-state index contributed by atoms with van der Waals surface area (Å²) in [4.78, 5) is 0. The van der Waals surface area contributed by atoms with Gasteiger partial charge < -0.3 is 4.48 Å². The number of unbranched alkanes of at least 4 members (excludes halogenated alkanes) is 43. The van der Waals surface area contributed by atoms with E-state index in [-0.39, 0.29) is 0 Å². The first-order valence-electron chi connectivity index (χ1n) is 24.4. The van der Waals surface area contributed by atoms with Crippen LogP contribution in [0.25, 0.3) is 0 Å². The van der Waals surface area contributed by atoms with Crippen LogP contribution in [0, 0.1) is 0 Å². The van der Waals surface area contributed by atoms with Gasteiger partial charge in [0, 0.05) is 0 Å². The fourth-order valence-corrected chi connectivity index (χ4v) is 8.08. The molecule has 1 heteroatoms. The first-order chi connectivity index (χ1) is 24.6. The summed E-state index contributed by atoms with van der Waals surface area (Å²) in [7, 11) is 6.94. The maximum absolute atomic E-state index is 2.31. The smallest absolute Gasteiger partial charge is 0.0780 e. The third-order valence-electron chi connectivity index (χ3n) is 11.7. The van der Waals surface area contributed by atoms with Gasteiger partial charge in [-0.2, -0.15) is 0 Å². The van der Waals surface area contributed by atoms with Crippen LogP contribution >= 0.6 is 0 Å². The van der Waals surface area contributed by atoms with Crippen molar-refractivity contribution in [1.82, 2.24) is 0 Å². The number of nitrogens with zero attached hydrogens (tertiary/aromatic N) is 1. The highest BCUT2D eigenvalue weighted by molar-refractivity contribution is 4.54. The standard InChI is InChI=1S/C49H102N/c1-5-6-7-8-9-10-11-12-13-14-15-16-17-18-19-20-21-22-23-24-25-26-27-28-29-30-31-32-33-34-35-36-37-38-39-40-41-42-43-44-45-46-47-48-49-50(2,3)4/h5-49H2,1-4H3/q+1. The molecule has 0 rings (SSSR count). The molecule has 0 unspecified atom stereocenters. The molecule has 0 amide bonds. The molecule has 0 aliphatic carbocycles. The Labute approximate surface area is 320 Å². The van der Waals surface area contributed by atoms with E-state index in [4.69, 9.17) is 0 Å². The van der Waals surface area contributed by atoms with Gasteiger partial charge in [0.2, 0.25) is 0 Å². The van der Waals surface area contributed by atoms with Crippen molar-refractivity contribution in [2.24, 2.45) is 0 Å². The summed E-state index contributed by atoms with van der Waals surface area (Å²) in [5, 5.41) is 0. The van der Waals surface area contributed by atoms with Crippen molar-refractivity contribution in [2.75, 3.05) is 27.7 Å². The van der Waals surface area contributed by atoms with E-state index >= 15 is 0 Å². The second kappa shape index (κ2) is 43.4. The molecule has 1 nitrogen and oxygen atoms in total. The molecule has 0 N–H and O–H groups in total. The Bertz CT molecular complexity index is 576. The van der Waals surface area contributed by atoms with Gasteiger partial charge in [0.15, 0.2) is 0 Å². The predicted molar refractivity (Wildman–Crippen MR) is 232 cm³/mol. The van der Waals surface area contributed by atoms with E-state index in [2.05, 4.69) is 28.1 Å². The third kappa shape index (κ3) is 48.0. The normalized spacial score (nSPS) is 12.0. The molecular weight excluding hydrogens is 603 g/mol. The van der Waals surface area contributed by atoms with E-state index in [1.165, 1.54) is 289 Å². The first kappa shape index (κ1) is 50.0. The Morgan fingerprint density at radius 3 is 0.420 bits per heavy atom. The molecule has 0 atom stereocenters. The van der Waals surface area contributed by atoms with Crippen LogP contribution in [-0.4, -0.2) is 32.2 Å². The molecule has 0 saturated carbocycles. The Morgan fingerprint density at radius 1 is 0.180 bits per heavy atom. The second-order valence-electron chi connectivity index (χ2n) is 18.2. The van der Waals surface area contributed by atoms with E-state index in [0.29, 0.717) is 0 Å². The van der Waals surface area contributed by atoms with Crippen molar-refractivity contribution in [3.63, 3.8) is 0 Å². The van der Waals surface area contributed by atoms with Gasteiger partial charge in [-0.05, 0) is 12.8 Å². The van der Waals surface area contributed by atoms with Crippen molar-refractivity contribution >= 4 is 0 Å². The zero-order valence-corrected chi connectivity index (χ0v) is 36.3. The molecule has 0 heterocycles. The van der Waals surface area contributed by atoms with Gasteiger partial charge in [-0.15, -0.1) is 0 Å². The van der Waals surface area contributed by atoms with Gasteiger partial charge in [-0.3, -0.25) is 0 Å². The van der Waals surface area contributed by atoms with E-state index in [0.717, 1.165) is 4.48 Å². The van der Waals surface area contributed by atoms with Gasteiger partial charge in [0.1, 0.15) is 0 Å². The van der Waals surface area contributed by atoms with E-state index < -0.39 is 0 Å². The monoisotopic (exact) mass is 705 g/mol. The zero-order chi connectivity index (χ0) is 36.3. The summed E-state index contributed by atoms with van der Waals surface area (Å²) < 4.78 is 1.12. The number of hydrogen-bond acceptors (Lipinski definition) is 0. The zero-order valence-electron chi connectivity index (χ0n) is 36.3. The summed E-state index contributed by atoms with van der Waals surface area (Å²) in [5.74, 6) is 0. The van der Waals surface area contributed by atoms with Crippen molar-refractivity contribution in [2.45, 2.75) is 289 Å². The largest absolute Gasteiger partial charge is 0.331 e. The van der Waals surface area contributed by atoms with E-state index in [1.54, 1.807) is 0 Å². The van der Waals surface area contributed by atoms with Crippen molar-refractivity contribution in [3.8, 4) is 0 Å². The highest BCUT2D eigenvalue weighted by atomic mass is 15.3. The van der Waals surface area contributed by atoms with Gasteiger partial charge in [-0.1, -0.05) is 277 Å². The lowest BCUT2D eigenvalue weighted by atomic mass is 10.0. The minimum Gasteiger partial charge on any atom is -0.331 e. The van der Waals surface area contributed by atoms with Crippen LogP contribution in [0.3, 0.4) is 0 Å². The van der Waals surface area contributed by atoms with Gasteiger partial charge in [0.25, 0.3) is 0 Å². The lowest BCUT2D eigenvalue weighted by molar-refractivity contribution is -0.870. The van der Waals surface area contributed by atoms with Crippen LogP contribution in [0.5, 0.6) is 0 Å². The number of rotatable bonds is 45. The summed E-state index contributed by atoms with van der Waals surface area (Å²) in [6.07, 6.45) is 65.3. The summed E-state index contributed by atoms with van der Waals surface area (Å²) >= 11 is 0. The Hall–Kier alpha value is -0.0400. The Kier molecular flexibility index (Phi) is 43.3. The molecule has 0 aliphatic rings. The molecule has 0 aliphatic heterocycles. The molecule has 0 bridgehead atoms. The lowest BCUT2D eigenvalue weighted by Crippen LogP contribution is -2.35. The van der Waals surface area contributed by atoms with Gasteiger partial charge in [-0.25, -0.2) is 0 Å². The van der Waals surface area contributed by atoms with Crippen molar-refractivity contribution in [3.05, 3.63) is 0 Å². The van der Waals surface area contributed by atoms with Crippen LogP contribution in [0.1, 0.15) is 289 Å². The maximum atomic E-state index is 2.31. The molecule has 0 aromatic heterocycles. The highest BCUT2D eigenvalue weighted by Crippen LogP contribution is 2.18. The second-order valence-corrected chi connectivity index (χ2v) is 18.2. The van der Waals surface area contributed by atoms with Gasteiger partial charge >= 0.3 is 0 Å². The molecule has 302 valence electrons. The summed E-state index contributed by atoms with van der Waals surface area (Å²) in [5.41, 5.74) is 0. The maximum Gasteiger partial charge on any atom is 0.0780 e. The van der Waals surface area contributed by atoms with Gasteiger partial charge in [0.05, 0.1) is 27.7 Å². The van der Waals surface area contributed by atoms with Crippen LogP contribution < -0.4 is 0 Å². The molecule has 0 radical (unpaired) electrons. The average molecular weight is 705 g/mol. The molecule has 0 fully saturated rings. The topological polar surface area (TPSA) is 0 Å². The van der Waals surface area contributed by atoms with E-state index in [1.807, 2.05) is 0 Å². The van der Waals surface area contributed by atoms with E-state index in [9.17, 15) is 0 Å². The lowest BCUT2D eigenvalue weighted by Gasteiger charge is -2.23. The van der Waals surface area contributed by atoms with Crippen LogP contribution in [-0.2, 0) is 0 Å². The van der Waals surface area contributed by atoms with Crippen molar-refractivity contribution in [1.29, 1.82) is 0 Å². The minimum absolute atomic E-state index is 1.12. The van der Waals surface area contributed by atoms with Crippen molar-refractivity contribution < 1.29 is 4.48 Å². The molecular formula is C49H102N+. The summed E-state index contributed by atoms with van der Waals surface area (Å²) in [6.45, 7) is 3.65. The van der Waals surface area contributed by atoms with Crippen LogP contribution in [0.4, 0.5) is 0 Å².